The molecule has 1 N–H and O–H groups in total. The van der Waals surface area contributed by atoms with Gasteiger partial charge in [0.15, 0.2) is 0 Å². The van der Waals surface area contributed by atoms with E-state index < -0.39 is 0 Å². The molecule has 0 amide bonds. The van der Waals surface area contributed by atoms with Crippen LogP contribution in [0, 0.1) is 0 Å². The molecule has 3 nitrogen and oxygen atoms in total. The van der Waals surface area contributed by atoms with Crippen molar-refractivity contribution in [2.45, 2.75) is 58.4 Å². The first-order valence-electron chi connectivity index (χ1n) is 7.77. The van der Waals surface area contributed by atoms with E-state index in [1.54, 1.807) is 0 Å². The maximum Gasteiger partial charge on any atom is 0.118 e. The molecule has 0 unspecified atom stereocenters. The largest absolute Gasteiger partial charge is 0.468 e. The van der Waals surface area contributed by atoms with Crippen LogP contribution in [0.2, 0.25) is 0 Å². The van der Waals surface area contributed by atoms with Crippen LogP contribution >= 0.6 is 11.3 Å². The highest BCUT2D eigenvalue weighted by molar-refractivity contribution is 7.09. The molecule has 1 fully saturated rings. The van der Waals surface area contributed by atoms with E-state index in [1.165, 1.54) is 23.3 Å². The predicted molar refractivity (Wildman–Crippen MR) is 87.3 cm³/mol. The van der Waals surface area contributed by atoms with E-state index in [4.69, 9.17) is 4.42 Å². The van der Waals surface area contributed by atoms with Gasteiger partial charge >= 0.3 is 0 Å². The summed E-state index contributed by atoms with van der Waals surface area (Å²) in [5.41, 5.74) is 1.26. The first-order chi connectivity index (χ1) is 10.2. The Bertz CT molecular complexity index is 543. The molecule has 0 aliphatic heterocycles. The van der Waals surface area contributed by atoms with Crippen molar-refractivity contribution in [3.63, 3.8) is 0 Å². The zero-order valence-corrected chi connectivity index (χ0v) is 13.7. The first-order valence-corrected chi connectivity index (χ1v) is 8.65. The molecule has 4 heteroatoms. The maximum atomic E-state index is 5.74. The Balaban J connectivity index is 1.56. The van der Waals surface area contributed by atoms with E-state index in [1.807, 2.05) is 17.6 Å². The Morgan fingerprint density at radius 2 is 2.24 bits per heavy atom. The summed E-state index contributed by atoms with van der Waals surface area (Å²) in [6.07, 6.45) is 4.55. The molecule has 0 spiro atoms. The second kappa shape index (κ2) is 6.77. The second-order valence-corrected chi connectivity index (χ2v) is 7.19. The monoisotopic (exact) mass is 304 g/mol. The van der Waals surface area contributed by atoms with E-state index in [0.29, 0.717) is 6.04 Å². The average molecular weight is 304 g/mol. The number of thiophene rings is 1. The normalized spacial score (nSPS) is 15.2. The Hall–Kier alpha value is -1.10. The van der Waals surface area contributed by atoms with Crippen molar-refractivity contribution in [2.24, 2.45) is 0 Å². The lowest BCUT2D eigenvalue weighted by Gasteiger charge is -2.24. The fraction of sp³-hybridized carbons (Fsp3) is 0.529. The van der Waals surface area contributed by atoms with E-state index in [9.17, 15) is 0 Å². The van der Waals surface area contributed by atoms with Crippen molar-refractivity contribution in [3.8, 4) is 0 Å². The van der Waals surface area contributed by atoms with Crippen LogP contribution in [0.1, 0.15) is 42.9 Å². The quantitative estimate of drug-likeness (QED) is 0.799. The van der Waals surface area contributed by atoms with Gasteiger partial charge in [-0.3, -0.25) is 4.90 Å². The highest BCUT2D eigenvalue weighted by atomic mass is 32.1. The van der Waals surface area contributed by atoms with Gasteiger partial charge in [0.05, 0.1) is 12.8 Å². The Kier molecular flexibility index (Phi) is 4.78. The van der Waals surface area contributed by atoms with Crippen molar-refractivity contribution >= 4 is 11.3 Å². The minimum atomic E-state index is 0.505. The van der Waals surface area contributed by atoms with Crippen molar-refractivity contribution < 1.29 is 4.42 Å². The molecule has 114 valence electrons. The summed E-state index contributed by atoms with van der Waals surface area (Å²) >= 11 is 1.82. The summed E-state index contributed by atoms with van der Waals surface area (Å²) in [7, 11) is 0. The highest BCUT2D eigenvalue weighted by Gasteiger charge is 2.20. The second-order valence-electron chi connectivity index (χ2n) is 6.15. The summed E-state index contributed by atoms with van der Waals surface area (Å²) < 4.78 is 5.74. The number of furan rings is 1. The molecule has 2 heterocycles. The van der Waals surface area contributed by atoms with Crippen LogP contribution in [0.5, 0.6) is 0 Å². The van der Waals surface area contributed by atoms with Crippen LogP contribution in [-0.2, 0) is 19.6 Å². The maximum absolute atomic E-state index is 5.74. The third-order valence-corrected chi connectivity index (χ3v) is 4.77. The van der Waals surface area contributed by atoms with Crippen LogP contribution in [-0.4, -0.2) is 17.0 Å². The Labute approximate surface area is 131 Å². The average Bonchev–Trinajstić information content (AvgIpc) is 2.96. The fourth-order valence-corrected chi connectivity index (χ4v) is 3.10. The number of nitrogens with one attached hydrogen (secondary N) is 1. The summed E-state index contributed by atoms with van der Waals surface area (Å²) in [5.74, 6) is 1.06. The number of hydrogen-bond acceptors (Lipinski definition) is 4. The van der Waals surface area contributed by atoms with Gasteiger partial charge in [0.25, 0.3) is 0 Å². The topological polar surface area (TPSA) is 28.4 Å². The molecule has 0 saturated heterocycles. The SMILES string of the molecule is CC(C)N(Cc1cc(CNC2CC2)co1)Cc1cccs1. The van der Waals surface area contributed by atoms with Crippen LogP contribution in [0.25, 0.3) is 0 Å². The van der Waals surface area contributed by atoms with Crippen LogP contribution in [0.3, 0.4) is 0 Å². The zero-order valence-electron chi connectivity index (χ0n) is 12.8. The third-order valence-electron chi connectivity index (χ3n) is 3.91. The van der Waals surface area contributed by atoms with Gasteiger partial charge in [-0.15, -0.1) is 11.3 Å². The standard InChI is InChI=1S/C17H24N2OS/c1-13(2)19(11-17-4-3-7-21-17)10-16-8-14(12-20-16)9-18-15-5-6-15/h3-4,7-8,12-13,15,18H,5-6,9-11H2,1-2H3. The Morgan fingerprint density at radius 1 is 1.38 bits per heavy atom. The fourth-order valence-electron chi connectivity index (χ4n) is 2.38. The third kappa shape index (κ3) is 4.43. The van der Waals surface area contributed by atoms with Gasteiger partial charge in [-0.25, -0.2) is 0 Å². The van der Waals surface area contributed by atoms with Gasteiger partial charge in [0.2, 0.25) is 0 Å². The summed E-state index contributed by atoms with van der Waals surface area (Å²) in [6, 6.07) is 7.76. The van der Waals surface area contributed by atoms with E-state index in [0.717, 1.165) is 31.4 Å². The van der Waals surface area contributed by atoms with Gasteiger partial charge in [-0.1, -0.05) is 6.07 Å². The number of nitrogens with zero attached hydrogens (tertiary/aromatic N) is 1. The van der Waals surface area contributed by atoms with Crippen LogP contribution in [0.15, 0.2) is 34.3 Å². The highest BCUT2D eigenvalue weighted by Crippen LogP contribution is 2.21. The molecule has 1 aliphatic carbocycles. The minimum Gasteiger partial charge on any atom is -0.468 e. The minimum absolute atomic E-state index is 0.505. The molecule has 0 atom stereocenters. The Morgan fingerprint density at radius 3 is 2.90 bits per heavy atom. The molecule has 0 bridgehead atoms. The molecule has 3 rings (SSSR count). The van der Waals surface area contributed by atoms with Crippen molar-refractivity contribution in [1.29, 1.82) is 0 Å². The summed E-state index contributed by atoms with van der Waals surface area (Å²) in [6.45, 7) is 7.28. The first kappa shape index (κ1) is 14.8. The van der Waals surface area contributed by atoms with E-state index in [2.05, 4.69) is 47.6 Å². The number of rotatable bonds is 8. The summed E-state index contributed by atoms with van der Waals surface area (Å²) in [4.78, 5) is 3.86. The van der Waals surface area contributed by atoms with Crippen molar-refractivity contribution in [3.05, 3.63) is 46.0 Å². The lowest BCUT2D eigenvalue weighted by atomic mass is 10.2. The van der Waals surface area contributed by atoms with Gasteiger partial charge in [-0.2, -0.15) is 0 Å². The molecule has 2 aromatic heterocycles. The molecule has 21 heavy (non-hydrogen) atoms. The summed E-state index contributed by atoms with van der Waals surface area (Å²) in [5, 5.41) is 5.67. The zero-order chi connectivity index (χ0) is 14.7. The molecule has 0 radical (unpaired) electrons. The van der Waals surface area contributed by atoms with Crippen LogP contribution < -0.4 is 5.32 Å². The molecular formula is C17H24N2OS. The van der Waals surface area contributed by atoms with Gasteiger partial charge in [0.1, 0.15) is 5.76 Å². The van der Waals surface area contributed by atoms with Crippen molar-refractivity contribution in [2.75, 3.05) is 0 Å². The number of hydrogen-bond donors (Lipinski definition) is 1. The molecule has 0 aromatic carbocycles. The van der Waals surface area contributed by atoms with Gasteiger partial charge < -0.3 is 9.73 Å². The van der Waals surface area contributed by atoms with Gasteiger partial charge in [0, 0.05) is 35.6 Å². The van der Waals surface area contributed by atoms with Crippen molar-refractivity contribution in [1.82, 2.24) is 10.2 Å². The van der Waals surface area contributed by atoms with Gasteiger partial charge in [-0.05, 0) is 44.2 Å². The molecule has 2 aromatic rings. The molecule has 1 saturated carbocycles. The molecular weight excluding hydrogens is 280 g/mol. The van der Waals surface area contributed by atoms with Crippen LogP contribution in [0.4, 0.5) is 0 Å². The lowest BCUT2D eigenvalue weighted by Crippen LogP contribution is -2.29. The smallest absolute Gasteiger partial charge is 0.118 e. The van der Waals surface area contributed by atoms with E-state index in [-0.39, 0.29) is 0 Å². The van der Waals surface area contributed by atoms with E-state index >= 15 is 0 Å². The molecule has 1 aliphatic rings. The lowest BCUT2D eigenvalue weighted by molar-refractivity contribution is 0.189. The predicted octanol–water partition coefficient (Wildman–Crippen LogP) is 4.00.